The van der Waals surface area contributed by atoms with E-state index in [1.165, 1.54) is 11.1 Å². The summed E-state index contributed by atoms with van der Waals surface area (Å²) in [6.45, 7) is 5.15. The Labute approximate surface area is 74.2 Å². The molecule has 0 fully saturated rings. The summed E-state index contributed by atoms with van der Waals surface area (Å²) < 4.78 is 0. The maximum Gasteiger partial charge on any atom is 0.0386 e. The van der Waals surface area contributed by atoms with Crippen LogP contribution in [0, 0.1) is 6.92 Å². The monoisotopic (exact) mass is 161 g/mol. The van der Waals surface area contributed by atoms with E-state index >= 15 is 0 Å². The van der Waals surface area contributed by atoms with Crippen molar-refractivity contribution in [2.24, 2.45) is 4.99 Å². The van der Waals surface area contributed by atoms with Crippen molar-refractivity contribution < 1.29 is 0 Å². The van der Waals surface area contributed by atoms with Crippen LogP contribution in [0.1, 0.15) is 24.5 Å². The summed E-state index contributed by atoms with van der Waals surface area (Å²) in [7, 11) is 0. The van der Waals surface area contributed by atoms with Crippen LogP contribution in [0.5, 0.6) is 0 Å². The Hall–Kier alpha value is -1.11. The van der Waals surface area contributed by atoms with Crippen LogP contribution in [0.3, 0.4) is 0 Å². The number of hydrogen-bond donors (Lipinski definition) is 0. The van der Waals surface area contributed by atoms with Crippen molar-refractivity contribution in [2.75, 3.05) is 6.54 Å². The van der Waals surface area contributed by atoms with E-state index in [-0.39, 0.29) is 0 Å². The second-order valence-electron chi connectivity index (χ2n) is 2.95. The Morgan fingerprint density at radius 2 is 2.25 bits per heavy atom. The average Bonchev–Trinajstić information content (AvgIpc) is 2.05. The lowest BCUT2D eigenvalue weighted by molar-refractivity contribution is 0.937. The zero-order valence-corrected chi connectivity index (χ0v) is 7.75. The van der Waals surface area contributed by atoms with E-state index in [1.54, 1.807) is 0 Å². The first kappa shape index (κ1) is 8.98. The largest absolute Gasteiger partial charge is 0.293 e. The Balaban J connectivity index is 2.63. The van der Waals surface area contributed by atoms with Gasteiger partial charge in [-0.05, 0) is 18.9 Å². The third-order valence-corrected chi connectivity index (χ3v) is 1.64. The van der Waals surface area contributed by atoms with Crippen molar-refractivity contribution >= 4 is 6.21 Å². The molecule has 0 saturated heterocycles. The molecule has 1 aromatic carbocycles. The van der Waals surface area contributed by atoms with Crippen molar-refractivity contribution in [3.05, 3.63) is 35.4 Å². The van der Waals surface area contributed by atoms with Crippen LogP contribution in [0.4, 0.5) is 0 Å². The van der Waals surface area contributed by atoms with Crippen molar-refractivity contribution in [2.45, 2.75) is 20.3 Å². The van der Waals surface area contributed by atoms with E-state index in [9.17, 15) is 0 Å². The van der Waals surface area contributed by atoms with E-state index in [0.717, 1.165) is 13.0 Å². The maximum atomic E-state index is 4.28. The molecule has 0 atom stereocenters. The molecule has 1 rings (SSSR count). The number of hydrogen-bond acceptors (Lipinski definition) is 1. The van der Waals surface area contributed by atoms with Gasteiger partial charge in [0.15, 0.2) is 0 Å². The van der Waals surface area contributed by atoms with Crippen LogP contribution in [-0.2, 0) is 0 Å². The first-order valence-electron chi connectivity index (χ1n) is 4.39. The maximum absolute atomic E-state index is 4.28. The highest BCUT2D eigenvalue weighted by Gasteiger charge is 1.86. The molecule has 1 aromatic rings. The minimum Gasteiger partial charge on any atom is -0.293 e. The minimum atomic E-state index is 0.925. The van der Waals surface area contributed by atoms with Gasteiger partial charge >= 0.3 is 0 Å². The zero-order chi connectivity index (χ0) is 8.81. The number of benzene rings is 1. The van der Waals surface area contributed by atoms with Gasteiger partial charge in [0.2, 0.25) is 0 Å². The minimum absolute atomic E-state index is 0.925. The summed E-state index contributed by atoms with van der Waals surface area (Å²) in [6.07, 6.45) is 3.05. The fraction of sp³-hybridized carbons (Fsp3) is 0.364. The summed E-state index contributed by atoms with van der Waals surface area (Å²) in [6, 6.07) is 8.37. The molecule has 0 spiro atoms. The topological polar surface area (TPSA) is 12.4 Å². The lowest BCUT2D eigenvalue weighted by Gasteiger charge is -1.94. The van der Waals surface area contributed by atoms with Gasteiger partial charge in [-0.15, -0.1) is 0 Å². The molecule has 0 saturated carbocycles. The lowest BCUT2D eigenvalue weighted by atomic mass is 10.2. The molecular weight excluding hydrogens is 146 g/mol. The quantitative estimate of drug-likeness (QED) is 0.604. The molecule has 0 aromatic heterocycles. The smallest absolute Gasteiger partial charge is 0.0386 e. The van der Waals surface area contributed by atoms with Gasteiger partial charge in [-0.2, -0.15) is 0 Å². The standard InChI is InChI=1S/C11H15N/c1-3-7-12-9-11-6-4-5-10(2)8-11/h4-6,8-9H,3,7H2,1-2H3. The summed E-state index contributed by atoms with van der Waals surface area (Å²) in [5, 5.41) is 0. The SMILES string of the molecule is CCCN=Cc1cccc(C)c1. The molecule has 0 unspecified atom stereocenters. The lowest BCUT2D eigenvalue weighted by Crippen LogP contribution is -1.83. The second kappa shape index (κ2) is 4.70. The summed E-state index contributed by atoms with van der Waals surface area (Å²) >= 11 is 0. The van der Waals surface area contributed by atoms with Crippen LogP contribution >= 0.6 is 0 Å². The number of aliphatic imine (C=N–C) groups is 1. The molecule has 64 valence electrons. The highest BCUT2D eigenvalue weighted by Crippen LogP contribution is 2.00. The first-order chi connectivity index (χ1) is 5.83. The summed E-state index contributed by atoms with van der Waals surface area (Å²) in [5.74, 6) is 0. The van der Waals surface area contributed by atoms with Crippen molar-refractivity contribution in [3.63, 3.8) is 0 Å². The predicted octanol–water partition coefficient (Wildman–Crippen LogP) is 2.82. The molecule has 0 radical (unpaired) electrons. The van der Waals surface area contributed by atoms with Crippen LogP contribution in [-0.4, -0.2) is 12.8 Å². The van der Waals surface area contributed by atoms with E-state index < -0.39 is 0 Å². The molecule has 0 heterocycles. The number of aryl methyl sites for hydroxylation is 1. The second-order valence-corrected chi connectivity index (χ2v) is 2.95. The molecule has 0 aliphatic carbocycles. The molecule has 0 N–H and O–H groups in total. The molecule has 0 aliphatic heterocycles. The van der Waals surface area contributed by atoms with Gasteiger partial charge in [-0.3, -0.25) is 4.99 Å². The van der Waals surface area contributed by atoms with Crippen molar-refractivity contribution in [3.8, 4) is 0 Å². The molecule has 0 aliphatic rings. The zero-order valence-electron chi connectivity index (χ0n) is 7.75. The van der Waals surface area contributed by atoms with Crippen molar-refractivity contribution in [1.82, 2.24) is 0 Å². The van der Waals surface area contributed by atoms with Crippen molar-refractivity contribution in [1.29, 1.82) is 0 Å². The first-order valence-corrected chi connectivity index (χ1v) is 4.39. The summed E-state index contributed by atoms with van der Waals surface area (Å²) in [4.78, 5) is 4.28. The van der Waals surface area contributed by atoms with E-state index in [0.29, 0.717) is 0 Å². The van der Waals surface area contributed by atoms with Crippen LogP contribution in [0.2, 0.25) is 0 Å². The number of nitrogens with zero attached hydrogens (tertiary/aromatic N) is 1. The Morgan fingerprint density at radius 1 is 1.42 bits per heavy atom. The highest BCUT2D eigenvalue weighted by atomic mass is 14.7. The van der Waals surface area contributed by atoms with E-state index in [2.05, 4.69) is 43.1 Å². The van der Waals surface area contributed by atoms with Crippen LogP contribution < -0.4 is 0 Å². The molecular formula is C11H15N. The Kier molecular flexibility index (Phi) is 3.52. The van der Waals surface area contributed by atoms with Gasteiger partial charge in [0.05, 0.1) is 0 Å². The summed E-state index contributed by atoms with van der Waals surface area (Å²) in [5.41, 5.74) is 2.49. The average molecular weight is 161 g/mol. The Bertz CT molecular complexity index is 263. The van der Waals surface area contributed by atoms with Gasteiger partial charge in [-0.1, -0.05) is 36.8 Å². The fourth-order valence-corrected chi connectivity index (χ4v) is 1.05. The van der Waals surface area contributed by atoms with E-state index in [1.807, 2.05) is 6.21 Å². The Morgan fingerprint density at radius 3 is 2.92 bits per heavy atom. The fourth-order valence-electron chi connectivity index (χ4n) is 1.05. The molecule has 1 nitrogen and oxygen atoms in total. The van der Waals surface area contributed by atoms with Gasteiger partial charge in [0, 0.05) is 12.8 Å². The van der Waals surface area contributed by atoms with Gasteiger partial charge < -0.3 is 0 Å². The third-order valence-electron chi connectivity index (χ3n) is 1.64. The van der Waals surface area contributed by atoms with Gasteiger partial charge in [0.25, 0.3) is 0 Å². The molecule has 1 heteroatoms. The van der Waals surface area contributed by atoms with Gasteiger partial charge in [-0.25, -0.2) is 0 Å². The molecule has 12 heavy (non-hydrogen) atoms. The molecule has 0 amide bonds. The highest BCUT2D eigenvalue weighted by molar-refractivity contribution is 5.79. The normalized spacial score (nSPS) is 10.8. The molecule has 0 bridgehead atoms. The van der Waals surface area contributed by atoms with E-state index in [4.69, 9.17) is 0 Å². The van der Waals surface area contributed by atoms with Gasteiger partial charge in [0.1, 0.15) is 0 Å². The van der Waals surface area contributed by atoms with Crippen LogP contribution in [0.25, 0.3) is 0 Å². The number of rotatable bonds is 3. The predicted molar refractivity (Wildman–Crippen MR) is 53.9 cm³/mol. The van der Waals surface area contributed by atoms with Crippen LogP contribution in [0.15, 0.2) is 29.3 Å². The third kappa shape index (κ3) is 2.87.